The smallest absolute Gasteiger partial charge is 0.348 e. The molecule has 2 heterocycles. The van der Waals surface area contributed by atoms with E-state index in [-0.39, 0.29) is 12.5 Å². The lowest BCUT2D eigenvalue weighted by Gasteiger charge is -2.36. The van der Waals surface area contributed by atoms with E-state index in [0.29, 0.717) is 23.0 Å². The predicted octanol–water partition coefficient (Wildman–Crippen LogP) is 4.06. The average Bonchev–Trinajstić information content (AvgIpc) is 3.16. The maximum absolute atomic E-state index is 12.4. The Morgan fingerprint density at radius 1 is 1.00 bits per heavy atom. The Morgan fingerprint density at radius 2 is 1.79 bits per heavy atom. The van der Waals surface area contributed by atoms with Gasteiger partial charge in [-0.1, -0.05) is 35.9 Å². The number of carbonyl (C=O) groups excluding carboxylic acids is 2. The number of halogens is 1. The van der Waals surface area contributed by atoms with E-state index in [4.69, 9.17) is 16.3 Å². The second kappa shape index (κ2) is 8.20. The van der Waals surface area contributed by atoms with Gasteiger partial charge in [-0.05, 0) is 35.7 Å². The van der Waals surface area contributed by atoms with E-state index < -0.39 is 5.97 Å². The summed E-state index contributed by atoms with van der Waals surface area (Å²) in [5, 5.41) is 1.70. The number of fused-ring (bicyclic) bond motifs is 1. The maximum Gasteiger partial charge on any atom is 0.348 e. The van der Waals surface area contributed by atoms with Crippen LogP contribution in [-0.2, 0) is 9.53 Å². The number of benzene rings is 2. The van der Waals surface area contributed by atoms with Crippen molar-refractivity contribution in [3.05, 3.63) is 64.5 Å². The van der Waals surface area contributed by atoms with Crippen LogP contribution in [0.15, 0.2) is 54.6 Å². The Morgan fingerprint density at radius 3 is 2.54 bits per heavy atom. The Labute approximate surface area is 172 Å². The molecule has 1 aromatic heterocycles. The highest BCUT2D eigenvalue weighted by Gasteiger charge is 2.23. The number of nitrogens with zero attached hydrogens (tertiary/aromatic N) is 2. The second-order valence-corrected chi connectivity index (χ2v) is 8.09. The molecule has 144 valence electrons. The van der Waals surface area contributed by atoms with E-state index in [9.17, 15) is 9.59 Å². The minimum Gasteiger partial charge on any atom is -0.451 e. The zero-order valence-electron chi connectivity index (χ0n) is 15.1. The Balaban J connectivity index is 1.29. The molecule has 2 aromatic carbocycles. The lowest BCUT2D eigenvalue weighted by molar-refractivity contribution is -0.134. The van der Waals surface area contributed by atoms with Gasteiger partial charge in [0.25, 0.3) is 5.91 Å². The second-order valence-electron chi connectivity index (χ2n) is 6.57. The predicted molar refractivity (Wildman–Crippen MR) is 112 cm³/mol. The zero-order valence-corrected chi connectivity index (χ0v) is 16.7. The summed E-state index contributed by atoms with van der Waals surface area (Å²) in [7, 11) is 0. The maximum atomic E-state index is 12.4. The van der Waals surface area contributed by atoms with Gasteiger partial charge in [0, 0.05) is 41.6 Å². The third-order valence-corrected chi connectivity index (χ3v) is 6.09. The van der Waals surface area contributed by atoms with Crippen LogP contribution in [-0.4, -0.2) is 49.6 Å². The fraction of sp³-hybridized carbons (Fsp3) is 0.238. The van der Waals surface area contributed by atoms with Gasteiger partial charge < -0.3 is 14.5 Å². The highest BCUT2D eigenvalue weighted by Crippen LogP contribution is 2.26. The summed E-state index contributed by atoms with van der Waals surface area (Å²) in [6, 6.07) is 17.3. The summed E-state index contributed by atoms with van der Waals surface area (Å²) in [5.74, 6) is -0.618. The molecule has 0 N–H and O–H groups in total. The van der Waals surface area contributed by atoms with Gasteiger partial charge in [0.1, 0.15) is 4.88 Å². The molecule has 0 aliphatic carbocycles. The van der Waals surface area contributed by atoms with Gasteiger partial charge >= 0.3 is 5.97 Å². The van der Waals surface area contributed by atoms with Crippen molar-refractivity contribution in [2.24, 2.45) is 0 Å². The summed E-state index contributed by atoms with van der Waals surface area (Å²) in [6.07, 6.45) is 0. The van der Waals surface area contributed by atoms with Gasteiger partial charge in [0.2, 0.25) is 0 Å². The van der Waals surface area contributed by atoms with Gasteiger partial charge in [-0.3, -0.25) is 4.79 Å². The van der Waals surface area contributed by atoms with Crippen molar-refractivity contribution in [3.63, 3.8) is 0 Å². The summed E-state index contributed by atoms with van der Waals surface area (Å²) in [6.45, 7) is 2.38. The highest BCUT2D eigenvalue weighted by atomic mass is 35.5. The van der Waals surface area contributed by atoms with E-state index in [1.165, 1.54) is 11.3 Å². The zero-order chi connectivity index (χ0) is 19.5. The van der Waals surface area contributed by atoms with Gasteiger partial charge in [-0.25, -0.2) is 4.79 Å². The van der Waals surface area contributed by atoms with Crippen LogP contribution in [0.5, 0.6) is 0 Å². The first-order valence-corrected chi connectivity index (χ1v) is 10.2. The molecule has 7 heteroatoms. The number of carbonyl (C=O) groups is 2. The number of ether oxygens (including phenoxy) is 1. The van der Waals surface area contributed by atoms with Gasteiger partial charge in [0.05, 0.1) is 0 Å². The first-order valence-electron chi connectivity index (χ1n) is 9.04. The van der Waals surface area contributed by atoms with Crippen LogP contribution in [0, 0.1) is 0 Å². The lowest BCUT2D eigenvalue weighted by atomic mass is 10.2. The third kappa shape index (κ3) is 4.13. The molecule has 1 aliphatic rings. The molecule has 0 spiro atoms. The first kappa shape index (κ1) is 18.8. The summed E-state index contributed by atoms with van der Waals surface area (Å²) < 4.78 is 6.27. The van der Waals surface area contributed by atoms with Crippen molar-refractivity contribution in [1.29, 1.82) is 0 Å². The normalized spacial score (nSPS) is 14.3. The van der Waals surface area contributed by atoms with E-state index in [2.05, 4.69) is 4.90 Å². The lowest BCUT2D eigenvalue weighted by Crippen LogP contribution is -2.49. The van der Waals surface area contributed by atoms with E-state index in [0.717, 1.165) is 28.9 Å². The number of hydrogen-bond acceptors (Lipinski definition) is 5. The molecule has 0 saturated carbocycles. The van der Waals surface area contributed by atoms with Crippen molar-refractivity contribution >= 4 is 50.6 Å². The van der Waals surface area contributed by atoms with Crippen molar-refractivity contribution in [1.82, 2.24) is 4.90 Å². The molecular weight excluding hydrogens is 396 g/mol. The standard InChI is InChI=1S/C21H19ClN2O3S/c22-16-5-3-6-17(13-16)23-8-10-24(11-9-23)20(25)14-27-21(26)19-12-15-4-1-2-7-18(15)28-19/h1-7,12-13H,8-11,14H2. The Hall–Kier alpha value is -2.57. The molecule has 0 bridgehead atoms. The fourth-order valence-electron chi connectivity index (χ4n) is 3.26. The van der Waals surface area contributed by atoms with Gasteiger partial charge in [-0.15, -0.1) is 11.3 Å². The molecule has 0 unspecified atom stereocenters. The topological polar surface area (TPSA) is 49.9 Å². The summed E-state index contributed by atoms with van der Waals surface area (Å²) in [4.78, 5) is 29.1. The minimum absolute atomic E-state index is 0.166. The van der Waals surface area contributed by atoms with Crippen molar-refractivity contribution in [3.8, 4) is 0 Å². The number of piperazine rings is 1. The molecule has 5 nitrogen and oxygen atoms in total. The van der Waals surface area contributed by atoms with Crippen molar-refractivity contribution in [2.45, 2.75) is 0 Å². The van der Waals surface area contributed by atoms with E-state index in [1.807, 2.05) is 48.5 Å². The molecule has 1 amide bonds. The molecule has 0 radical (unpaired) electrons. The minimum atomic E-state index is -0.452. The summed E-state index contributed by atoms with van der Waals surface area (Å²) in [5.41, 5.74) is 1.05. The molecule has 1 fully saturated rings. The molecule has 0 atom stereocenters. The van der Waals surface area contributed by atoms with Crippen molar-refractivity contribution < 1.29 is 14.3 Å². The van der Waals surface area contributed by atoms with Crippen LogP contribution in [0.25, 0.3) is 10.1 Å². The van der Waals surface area contributed by atoms with E-state index in [1.54, 1.807) is 11.0 Å². The molecule has 1 aliphatic heterocycles. The van der Waals surface area contributed by atoms with Gasteiger partial charge in [0.15, 0.2) is 6.61 Å². The monoisotopic (exact) mass is 414 g/mol. The number of anilines is 1. The highest BCUT2D eigenvalue weighted by molar-refractivity contribution is 7.20. The molecular formula is C21H19ClN2O3S. The van der Waals surface area contributed by atoms with Crippen LogP contribution < -0.4 is 4.90 Å². The molecule has 4 rings (SSSR count). The van der Waals surface area contributed by atoms with Crippen molar-refractivity contribution in [2.75, 3.05) is 37.7 Å². The number of rotatable bonds is 4. The van der Waals surface area contributed by atoms with Crippen LogP contribution in [0.2, 0.25) is 5.02 Å². The number of esters is 1. The average molecular weight is 415 g/mol. The van der Waals surface area contributed by atoms with Crippen LogP contribution >= 0.6 is 22.9 Å². The van der Waals surface area contributed by atoms with Crippen LogP contribution in [0.3, 0.4) is 0 Å². The summed E-state index contributed by atoms with van der Waals surface area (Å²) >= 11 is 7.43. The number of thiophene rings is 1. The SMILES string of the molecule is O=C(OCC(=O)N1CCN(c2cccc(Cl)c2)CC1)c1cc2ccccc2s1. The van der Waals surface area contributed by atoms with Crippen LogP contribution in [0.1, 0.15) is 9.67 Å². The number of amides is 1. The third-order valence-electron chi connectivity index (χ3n) is 4.76. The Bertz CT molecular complexity index is 979. The van der Waals surface area contributed by atoms with Crippen LogP contribution in [0.4, 0.5) is 5.69 Å². The largest absolute Gasteiger partial charge is 0.451 e. The molecule has 1 saturated heterocycles. The number of hydrogen-bond donors (Lipinski definition) is 0. The fourth-order valence-corrected chi connectivity index (χ4v) is 4.40. The first-order chi connectivity index (χ1) is 13.6. The van der Waals surface area contributed by atoms with Gasteiger partial charge in [-0.2, -0.15) is 0 Å². The van der Waals surface area contributed by atoms with E-state index >= 15 is 0 Å². The quantitative estimate of drug-likeness (QED) is 0.604. The molecule has 28 heavy (non-hydrogen) atoms. The Kier molecular flexibility index (Phi) is 5.50. The molecule has 3 aromatic rings.